The Morgan fingerprint density at radius 1 is 1.36 bits per heavy atom. The van der Waals surface area contributed by atoms with Crippen molar-refractivity contribution in [3.63, 3.8) is 0 Å². The molecule has 0 bridgehead atoms. The first kappa shape index (κ1) is 15.6. The molecule has 2 aromatic heterocycles. The average molecular weight is 340 g/mol. The van der Waals surface area contributed by atoms with Crippen LogP contribution in [0.4, 0.5) is 5.95 Å². The average Bonchev–Trinajstić information content (AvgIpc) is 3.33. The van der Waals surface area contributed by atoms with Gasteiger partial charge in [-0.05, 0) is 34.0 Å². The first-order chi connectivity index (χ1) is 12.2. The molecule has 0 amide bonds. The molecule has 0 unspecified atom stereocenters. The first-order valence-corrected chi connectivity index (χ1v) is 8.31. The Hall–Kier alpha value is -2.90. The molecule has 0 spiro atoms. The summed E-state index contributed by atoms with van der Waals surface area (Å²) < 4.78 is 6.69. The molecular weight excluding hydrogens is 320 g/mol. The Kier molecular flexibility index (Phi) is 3.87. The molecule has 130 valence electrons. The normalized spacial score (nSPS) is 20.3. The van der Waals surface area contributed by atoms with Gasteiger partial charge in [0.25, 0.3) is 0 Å². The van der Waals surface area contributed by atoms with E-state index in [2.05, 4.69) is 44.5 Å². The van der Waals surface area contributed by atoms with Crippen molar-refractivity contribution < 1.29 is 9.53 Å². The van der Waals surface area contributed by atoms with Crippen molar-refractivity contribution in [1.82, 2.24) is 25.2 Å². The third-order valence-electron chi connectivity index (χ3n) is 4.92. The molecule has 1 aliphatic rings. The highest BCUT2D eigenvalue weighted by atomic mass is 16.5. The second-order valence-electron chi connectivity index (χ2n) is 6.50. The highest BCUT2D eigenvalue weighted by molar-refractivity contribution is 5.82. The number of hydrogen-bond acceptors (Lipinski definition) is 6. The summed E-state index contributed by atoms with van der Waals surface area (Å²) in [7, 11) is 1.43. The molecule has 4 rings (SSSR count). The van der Waals surface area contributed by atoms with Crippen molar-refractivity contribution in [1.29, 1.82) is 0 Å². The fourth-order valence-corrected chi connectivity index (χ4v) is 3.57. The number of ether oxygens (including phenoxy) is 1. The van der Waals surface area contributed by atoms with Gasteiger partial charge < -0.3 is 14.6 Å². The minimum absolute atomic E-state index is 0.150. The highest BCUT2D eigenvalue weighted by Crippen LogP contribution is 2.28. The maximum absolute atomic E-state index is 11.9. The van der Waals surface area contributed by atoms with Crippen molar-refractivity contribution >= 4 is 22.8 Å². The van der Waals surface area contributed by atoms with Gasteiger partial charge in [0.1, 0.15) is 0 Å². The number of hydrogen-bond donors (Lipinski definition) is 1. The Morgan fingerprint density at radius 2 is 2.24 bits per heavy atom. The Balaban J connectivity index is 1.59. The van der Waals surface area contributed by atoms with E-state index < -0.39 is 0 Å². The summed E-state index contributed by atoms with van der Waals surface area (Å²) >= 11 is 0. The molecule has 0 radical (unpaired) electrons. The van der Waals surface area contributed by atoms with Crippen LogP contribution in [0.15, 0.2) is 30.5 Å². The number of aromatic amines is 1. The minimum Gasteiger partial charge on any atom is -0.469 e. The van der Waals surface area contributed by atoms with Crippen molar-refractivity contribution in [2.75, 3.05) is 25.1 Å². The molecule has 3 aromatic rings. The summed E-state index contributed by atoms with van der Waals surface area (Å²) in [6, 6.07) is 8.19. The molecule has 2 atom stereocenters. The zero-order chi connectivity index (χ0) is 17.4. The third-order valence-corrected chi connectivity index (χ3v) is 4.92. The van der Waals surface area contributed by atoms with Crippen LogP contribution in [0.2, 0.25) is 0 Å². The maximum Gasteiger partial charge on any atom is 0.310 e. The van der Waals surface area contributed by atoms with E-state index in [1.807, 2.05) is 18.3 Å². The number of nitrogens with zero attached hydrogens (tertiary/aromatic N) is 5. The molecule has 1 saturated heterocycles. The van der Waals surface area contributed by atoms with Gasteiger partial charge >= 0.3 is 5.97 Å². The van der Waals surface area contributed by atoms with Crippen LogP contribution in [0.25, 0.3) is 10.9 Å². The SMILES string of the molecule is COC(=O)[C@H]1CN(c2nnnn2Cc2cccc3[nH]ccc23)C[C@@H]1C. The lowest BCUT2D eigenvalue weighted by Crippen LogP contribution is -2.26. The summed E-state index contributed by atoms with van der Waals surface area (Å²) in [5, 5.41) is 13.3. The molecule has 25 heavy (non-hydrogen) atoms. The number of H-pyrrole nitrogens is 1. The third kappa shape index (κ3) is 2.73. The van der Waals surface area contributed by atoms with E-state index in [1.165, 1.54) is 7.11 Å². The monoisotopic (exact) mass is 340 g/mol. The lowest BCUT2D eigenvalue weighted by atomic mass is 9.99. The first-order valence-electron chi connectivity index (χ1n) is 8.31. The molecule has 0 saturated carbocycles. The fraction of sp³-hybridized carbons (Fsp3) is 0.412. The molecule has 1 fully saturated rings. The van der Waals surface area contributed by atoms with Gasteiger partial charge in [0, 0.05) is 30.2 Å². The molecular formula is C17H20N6O2. The molecule has 1 aliphatic heterocycles. The molecule has 8 nitrogen and oxygen atoms in total. The molecule has 3 heterocycles. The van der Waals surface area contributed by atoms with Gasteiger partial charge in [-0.2, -0.15) is 0 Å². The summed E-state index contributed by atoms with van der Waals surface area (Å²) in [5.41, 5.74) is 2.23. The highest BCUT2D eigenvalue weighted by Gasteiger charge is 2.37. The van der Waals surface area contributed by atoms with E-state index in [9.17, 15) is 4.79 Å². The van der Waals surface area contributed by atoms with Gasteiger partial charge in [-0.3, -0.25) is 4.79 Å². The van der Waals surface area contributed by atoms with Gasteiger partial charge in [-0.15, -0.1) is 0 Å². The van der Waals surface area contributed by atoms with E-state index >= 15 is 0 Å². The zero-order valence-electron chi connectivity index (χ0n) is 14.2. The minimum atomic E-state index is -0.175. The van der Waals surface area contributed by atoms with Crippen LogP contribution in [0.3, 0.4) is 0 Å². The largest absolute Gasteiger partial charge is 0.469 e. The summed E-state index contributed by atoms with van der Waals surface area (Å²) in [5.74, 6) is 0.561. The number of fused-ring (bicyclic) bond motifs is 1. The van der Waals surface area contributed by atoms with Crippen molar-refractivity contribution in [2.24, 2.45) is 11.8 Å². The van der Waals surface area contributed by atoms with Crippen molar-refractivity contribution in [3.8, 4) is 0 Å². The van der Waals surface area contributed by atoms with Gasteiger partial charge in [0.05, 0.1) is 19.6 Å². The lowest BCUT2D eigenvalue weighted by molar-refractivity contribution is -0.145. The molecule has 1 aromatic carbocycles. The van der Waals surface area contributed by atoms with E-state index in [1.54, 1.807) is 4.68 Å². The summed E-state index contributed by atoms with van der Waals surface area (Å²) in [6.07, 6.45) is 1.93. The molecule has 0 aliphatic carbocycles. The predicted molar refractivity (Wildman–Crippen MR) is 92.1 cm³/mol. The summed E-state index contributed by atoms with van der Waals surface area (Å²) in [4.78, 5) is 17.2. The zero-order valence-corrected chi connectivity index (χ0v) is 14.2. The van der Waals surface area contributed by atoms with E-state index in [0.29, 0.717) is 19.0 Å². The van der Waals surface area contributed by atoms with Crippen LogP contribution in [-0.4, -0.2) is 51.4 Å². The molecule has 8 heteroatoms. The van der Waals surface area contributed by atoms with Gasteiger partial charge in [-0.25, -0.2) is 4.68 Å². The number of carbonyl (C=O) groups excluding carboxylic acids is 1. The fourth-order valence-electron chi connectivity index (χ4n) is 3.57. The topological polar surface area (TPSA) is 88.9 Å². The van der Waals surface area contributed by atoms with E-state index in [4.69, 9.17) is 4.74 Å². The van der Waals surface area contributed by atoms with Crippen molar-refractivity contribution in [3.05, 3.63) is 36.0 Å². The number of methoxy groups -OCH3 is 1. The van der Waals surface area contributed by atoms with Crippen LogP contribution < -0.4 is 4.90 Å². The second-order valence-corrected chi connectivity index (χ2v) is 6.50. The van der Waals surface area contributed by atoms with Gasteiger partial charge in [-0.1, -0.05) is 24.2 Å². The van der Waals surface area contributed by atoms with Crippen molar-refractivity contribution in [2.45, 2.75) is 13.5 Å². The van der Waals surface area contributed by atoms with Crippen LogP contribution in [0.5, 0.6) is 0 Å². The number of anilines is 1. The maximum atomic E-state index is 11.9. The van der Waals surface area contributed by atoms with Crippen LogP contribution >= 0.6 is 0 Å². The number of nitrogens with one attached hydrogen (secondary N) is 1. The number of carbonyl (C=O) groups is 1. The van der Waals surface area contributed by atoms with E-state index in [-0.39, 0.29) is 17.8 Å². The Morgan fingerprint density at radius 3 is 3.08 bits per heavy atom. The second kappa shape index (κ2) is 6.19. The predicted octanol–water partition coefficient (Wildman–Crippen LogP) is 1.45. The van der Waals surface area contributed by atoms with Crippen LogP contribution in [0, 0.1) is 11.8 Å². The quantitative estimate of drug-likeness (QED) is 0.723. The van der Waals surface area contributed by atoms with E-state index in [0.717, 1.165) is 23.0 Å². The van der Waals surface area contributed by atoms with Crippen LogP contribution in [0.1, 0.15) is 12.5 Å². The molecule has 1 N–H and O–H groups in total. The van der Waals surface area contributed by atoms with Crippen LogP contribution in [-0.2, 0) is 16.1 Å². The smallest absolute Gasteiger partial charge is 0.310 e. The number of benzene rings is 1. The lowest BCUT2D eigenvalue weighted by Gasteiger charge is -2.17. The Bertz CT molecular complexity index is 901. The summed E-state index contributed by atoms with van der Waals surface area (Å²) in [6.45, 7) is 3.93. The number of esters is 1. The number of rotatable bonds is 4. The number of aromatic nitrogens is 5. The van der Waals surface area contributed by atoms with Gasteiger partial charge in [0.2, 0.25) is 5.95 Å². The van der Waals surface area contributed by atoms with Gasteiger partial charge in [0.15, 0.2) is 0 Å². The number of tetrazole rings is 1. The Labute approximate surface area is 144 Å². The standard InChI is InChI=1S/C17H20N6O2/c1-11-8-22(10-14(11)16(24)25-2)17-19-20-21-23(17)9-12-4-3-5-15-13(12)6-7-18-15/h3-7,11,14,18H,8-10H2,1-2H3/t11-,14-/m0/s1.